The Morgan fingerprint density at radius 3 is 2.23 bits per heavy atom. The molecule has 22 heavy (non-hydrogen) atoms. The van der Waals surface area contributed by atoms with Crippen molar-refractivity contribution in [1.29, 1.82) is 0 Å². The summed E-state index contributed by atoms with van der Waals surface area (Å²) in [6.45, 7) is 2.96. The Labute approximate surface area is 135 Å². The summed E-state index contributed by atoms with van der Waals surface area (Å²) in [6, 6.07) is 0.436. The molecule has 0 aromatic carbocycles. The van der Waals surface area contributed by atoms with Gasteiger partial charge in [-0.3, -0.25) is 4.79 Å². The third kappa shape index (κ3) is 2.93. The lowest BCUT2D eigenvalue weighted by Crippen LogP contribution is -3.00. The van der Waals surface area contributed by atoms with Gasteiger partial charge >= 0.3 is 0 Å². The van der Waals surface area contributed by atoms with E-state index in [2.05, 4.69) is 17.6 Å². The van der Waals surface area contributed by atoms with Crippen LogP contribution >= 0.6 is 0 Å². The number of carbonyl (C=O) groups excluding carboxylic acids is 1. The molecule has 3 heteroatoms. The monoisotopic (exact) mass is 305 g/mol. The molecule has 0 aliphatic heterocycles. The van der Waals surface area contributed by atoms with Crippen molar-refractivity contribution < 1.29 is 10.1 Å². The van der Waals surface area contributed by atoms with E-state index in [-0.39, 0.29) is 5.91 Å². The highest BCUT2D eigenvalue weighted by molar-refractivity contribution is 5.77. The fourth-order valence-electron chi connectivity index (χ4n) is 6.53. The van der Waals surface area contributed by atoms with Gasteiger partial charge in [0.05, 0.1) is 5.54 Å². The van der Waals surface area contributed by atoms with E-state index >= 15 is 0 Å². The second-order valence-electron chi connectivity index (χ2n) is 9.12. The number of hydrogen-bond acceptors (Lipinski definition) is 1. The molecule has 124 valence electrons. The van der Waals surface area contributed by atoms with Crippen molar-refractivity contribution >= 4 is 5.91 Å². The molecule has 0 saturated heterocycles. The minimum atomic E-state index is 0.287. The summed E-state index contributed by atoms with van der Waals surface area (Å²) in [6.07, 6.45) is 13.7. The van der Waals surface area contributed by atoms with Crippen LogP contribution in [0.3, 0.4) is 0 Å². The molecule has 3 nitrogen and oxygen atoms in total. The van der Waals surface area contributed by atoms with E-state index in [0.29, 0.717) is 24.0 Å². The molecule has 2 atom stereocenters. The fourth-order valence-corrected chi connectivity index (χ4v) is 6.53. The van der Waals surface area contributed by atoms with Gasteiger partial charge in [-0.15, -0.1) is 0 Å². The fraction of sp³-hybridized carbons (Fsp3) is 0.947. The zero-order chi connectivity index (χ0) is 15.2. The van der Waals surface area contributed by atoms with Crippen LogP contribution in [0.4, 0.5) is 0 Å². The molecule has 0 aromatic rings. The zero-order valence-electron chi connectivity index (χ0n) is 14.2. The number of rotatable bonds is 4. The first-order chi connectivity index (χ1) is 10.6. The summed E-state index contributed by atoms with van der Waals surface area (Å²) >= 11 is 0. The average Bonchev–Trinajstić information content (AvgIpc) is 2.46. The quantitative estimate of drug-likeness (QED) is 0.822. The molecular weight excluding hydrogens is 272 g/mol. The second-order valence-corrected chi connectivity index (χ2v) is 9.12. The van der Waals surface area contributed by atoms with Gasteiger partial charge in [0, 0.05) is 25.3 Å². The molecule has 3 N–H and O–H groups in total. The van der Waals surface area contributed by atoms with E-state index in [4.69, 9.17) is 0 Å². The van der Waals surface area contributed by atoms with Crippen molar-refractivity contribution in [3.63, 3.8) is 0 Å². The lowest BCUT2D eigenvalue weighted by Gasteiger charge is -2.54. The maximum Gasteiger partial charge on any atom is 0.275 e. The van der Waals surface area contributed by atoms with E-state index in [1.54, 1.807) is 0 Å². The molecule has 1 amide bonds. The molecule has 0 unspecified atom stereocenters. The number of hydrogen-bond donors (Lipinski definition) is 2. The summed E-state index contributed by atoms with van der Waals surface area (Å²) in [5.41, 5.74) is 0.435. The lowest BCUT2D eigenvalue weighted by atomic mass is 9.53. The molecule has 5 aliphatic carbocycles. The van der Waals surface area contributed by atoms with Gasteiger partial charge in [0.1, 0.15) is 0 Å². The largest absolute Gasteiger partial charge is 0.348 e. The number of quaternary nitrogens is 1. The van der Waals surface area contributed by atoms with Crippen molar-refractivity contribution in [2.75, 3.05) is 6.54 Å². The van der Waals surface area contributed by atoms with E-state index in [0.717, 1.165) is 17.8 Å². The van der Waals surface area contributed by atoms with Gasteiger partial charge in [0.25, 0.3) is 5.91 Å². The minimum Gasteiger partial charge on any atom is -0.348 e. The molecule has 0 aromatic heterocycles. The summed E-state index contributed by atoms with van der Waals surface area (Å²) in [5, 5.41) is 5.78. The molecule has 5 fully saturated rings. The average molecular weight is 305 g/mol. The first kappa shape index (κ1) is 15.0. The molecular formula is C19H33N2O+. The van der Waals surface area contributed by atoms with Crippen molar-refractivity contribution in [2.45, 2.75) is 82.7 Å². The van der Waals surface area contributed by atoms with Crippen molar-refractivity contribution in [3.8, 4) is 0 Å². The van der Waals surface area contributed by atoms with Gasteiger partial charge in [0.2, 0.25) is 0 Å². The Balaban J connectivity index is 1.30. The molecule has 5 rings (SSSR count). The third-order valence-corrected chi connectivity index (χ3v) is 7.26. The smallest absolute Gasteiger partial charge is 0.275 e. The molecule has 0 heterocycles. The Morgan fingerprint density at radius 2 is 1.64 bits per heavy atom. The maximum absolute atomic E-state index is 12.4. The highest BCUT2D eigenvalue weighted by Gasteiger charge is 2.53. The highest BCUT2D eigenvalue weighted by atomic mass is 16.2. The lowest BCUT2D eigenvalue weighted by molar-refractivity contribution is -0.730. The molecule has 4 bridgehead atoms. The Kier molecular flexibility index (Phi) is 3.96. The van der Waals surface area contributed by atoms with Crippen LogP contribution in [0.25, 0.3) is 0 Å². The Morgan fingerprint density at radius 1 is 1.05 bits per heavy atom. The van der Waals surface area contributed by atoms with E-state index in [1.807, 2.05) is 0 Å². The Hall–Kier alpha value is -0.570. The predicted octanol–water partition coefficient (Wildman–Crippen LogP) is 2.21. The van der Waals surface area contributed by atoms with Crippen LogP contribution in [0.5, 0.6) is 0 Å². The summed E-state index contributed by atoms with van der Waals surface area (Å²) in [4.78, 5) is 12.4. The number of nitrogens with two attached hydrogens (primary N) is 1. The topological polar surface area (TPSA) is 45.7 Å². The van der Waals surface area contributed by atoms with Crippen molar-refractivity contribution in [3.05, 3.63) is 0 Å². The first-order valence-electron chi connectivity index (χ1n) is 9.76. The van der Waals surface area contributed by atoms with Crippen LogP contribution in [-0.2, 0) is 4.79 Å². The summed E-state index contributed by atoms with van der Waals surface area (Å²) < 4.78 is 0. The number of nitrogens with one attached hydrogen (secondary N) is 1. The summed E-state index contributed by atoms with van der Waals surface area (Å²) in [7, 11) is 0. The SMILES string of the molecule is C[C@H]1CCCC[C@H]1NC(=O)C[NH2+]C12CC3CC(CC(C3)C1)C2. The number of carbonyl (C=O) groups is 1. The second kappa shape index (κ2) is 5.81. The van der Waals surface area contributed by atoms with Crippen LogP contribution in [0, 0.1) is 23.7 Å². The van der Waals surface area contributed by atoms with Gasteiger partial charge < -0.3 is 10.6 Å². The normalized spacial score (nSPS) is 46.7. The van der Waals surface area contributed by atoms with Gasteiger partial charge in [-0.25, -0.2) is 0 Å². The standard InChI is InChI=1S/C19H32N2O/c1-13-4-2-3-5-17(13)21-18(22)12-20-19-9-14-6-15(10-19)8-16(7-14)11-19/h13-17,20H,2-12H2,1H3,(H,21,22)/p+1/t13-,14?,15?,16?,17+,19?/m0/s1. The van der Waals surface area contributed by atoms with Crippen molar-refractivity contribution in [1.82, 2.24) is 5.32 Å². The first-order valence-corrected chi connectivity index (χ1v) is 9.76. The third-order valence-electron chi connectivity index (χ3n) is 7.26. The van der Waals surface area contributed by atoms with Gasteiger partial charge in [-0.2, -0.15) is 0 Å². The van der Waals surface area contributed by atoms with Crippen LogP contribution in [0.1, 0.15) is 71.1 Å². The van der Waals surface area contributed by atoms with E-state index in [1.165, 1.54) is 64.2 Å². The number of amides is 1. The van der Waals surface area contributed by atoms with Crippen LogP contribution in [0.2, 0.25) is 0 Å². The molecule has 5 saturated carbocycles. The van der Waals surface area contributed by atoms with Gasteiger partial charge in [-0.05, 0) is 55.8 Å². The van der Waals surface area contributed by atoms with Crippen LogP contribution in [-0.4, -0.2) is 24.0 Å². The van der Waals surface area contributed by atoms with E-state index < -0.39 is 0 Å². The minimum absolute atomic E-state index is 0.287. The van der Waals surface area contributed by atoms with Gasteiger partial charge in [-0.1, -0.05) is 19.8 Å². The van der Waals surface area contributed by atoms with Gasteiger partial charge in [0.15, 0.2) is 6.54 Å². The molecule has 0 spiro atoms. The van der Waals surface area contributed by atoms with Crippen molar-refractivity contribution in [2.24, 2.45) is 23.7 Å². The molecule has 0 radical (unpaired) electrons. The maximum atomic E-state index is 12.4. The van der Waals surface area contributed by atoms with E-state index in [9.17, 15) is 4.79 Å². The molecule has 5 aliphatic rings. The summed E-state index contributed by atoms with van der Waals surface area (Å²) in [5.74, 6) is 3.88. The highest BCUT2D eigenvalue weighted by Crippen LogP contribution is 2.54. The van der Waals surface area contributed by atoms with Crippen LogP contribution < -0.4 is 10.6 Å². The van der Waals surface area contributed by atoms with Crippen LogP contribution in [0.15, 0.2) is 0 Å². The Bertz CT molecular complexity index is 398. The predicted molar refractivity (Wildman–Crippen MR) is 87.3 cm³/mol. The zero-order valence-corrected chi connectivity index (χ0v) is 14.2.